The maximum Gasteiger partial charge on any atom is 0.259 e. The zero-order chi connectivity index (χ0) is 17.6. The van der Waals surface area contributed by atoms with Gasteiger partial charge in [-0.25, -0.2) is 0 Å². The summed E-state index contributed by atoms with van der Waals surface area (Å²) in [5.41, 5.74) is 2.70. The molecule has 25 heavy (non-hydrogen) atoms. The summed E-state index contributed by atoms with van der Waals surface area (Å²) in [4.78, 5) is 12.7. The molecule has 0 aliphatic heterocycles. The Hall–Kier alpha value is -2.66. The minimum absolute atomic E-state index is 0.219. The van der Waals surface area contributed by atoms with Gasteiger partial charge in [-0.05, 0) is 46.9 Å². The molecule has 3 aromatic rings. The first-order valence-electron chi connectivity index (χ1n) is 7.74. The van der Waals surface area contributed by atoms with Crippen molar-refractivity contribution in [2.75, 3.05) is 5.32 Å². The molecule has 0 fully saturated rings. The first-order valence-corrected chi connectivity index (χ1v) is 8.82. The Kier molecular flexibility index (Phi) is 5.46. The summed E-state index contributed by atoms with van der Waals surface area (Å²) in [6, 6.07) is 19.3. The van der Waals surface area contributed by atoms with Crippen LogP contribution in [0.3, 0.4) is 0 Å². The Balaban J connectivity index is 1.92. The molecule has 5 nitrogen and oxygen atoms in total. The summed E-state index contributed by atoms with van der Waals surface area (Å²) < 4.78 is 2.75. The van der Waals surface area contributed by atoms with Crippen molar-refractivity contribution in [1.82, 2.24) is 9.78 Å². The second-order valence-electron chi connectivity index (χ2n) is 5.39. The smallest absolute Gasteiger partial charge is 0.259 e. The van der Waals surface area contributed by atoms with Crippen LogP contribution in [0, 0.1) is 14.9 Å². The molecule has 1 aromatic heterocycles. The van der Waals surface area contributed by atoms with Crippen molar-refractivity contribution in [3.8, 4) is 17.3 Å². The second-order valence-corrected chi connectivity index (χ2v) is 6.64. The van der Waals surface area contributed by atoms with Crippen LogP contribution in [0.15, 0.2) is 60.8 Å². The van der Waals surface area contributed by atoms with E-state index in [0.717, 1.165) is 14.8 Å². The van der Waals surface area contributed by atoms with Gasteiger partial charge in [-0.3, -0.25) is 9.48 Å². The van der Waals surface area contributed by atoms with Gasteiger partial charge in [-0.15, -0.1) is 0 Å². The van der Waals surface area contributed by atoms with Crippen LogP contribution in [-0.4, -0.2) is 15.7 Å². The fourth-order valence-electron chi connectivity index (χ4n) is 2.41. The van der Waals surface area contributed by atoms with Crippen molar-refractivity contribution >= 4 is 34.2 Å². The largest absolute Gasteiger partial charge is 0.322 e. The van der Waals surface area contributed by atoms with Crippen molar-refractivity contribution in [3.63, 3.8) is 0 Å². The molecule has 0 atom stereocenters. The number of benzene rings is 2. The van der Waals surface area contributed by atoms with Gasteiger partial charge in [-0.2, -0.15) is 10.4 Å². The summed E-state index contributed by atoms with van der Waals surface area (Å²) in [7, 11) is 0. The highest BCUT2D eigenvalue weighted by Gasteiger charge is 2.18. The Morgan fingerprint density at radius 1 is 1.16 bits per heavy atom. The number of hydrogen-bond acceptors (Lipinski definition) is 3. The van der Waals surface area contributed by atoms with Gasteiger partial charge in [-0.1, -0.05) is 30.3 Å². The summed E-state index contributed by atoms with van der Waals surface area (Å²) in [5, 5.41) is 16.2. The number of rotatable bonds is 5. The predicted octanol–water partition coefficient (Wildman–Crippen LogP) is 4.32. The van der Waals surface area contributed by atoms with Gasteiger partial charge in [0.25, 0.3) is 5.91 Å². The number of nitriles is 1. The molecule has 0 unspecified atom stereocenters. The average Bonchev–Trinajstić information content (AvgIpc) is 3.07. The lowest BCUT2D eigenvalue weighted by molar-refractivity contribution is 0.102. The van der Waals surface area contributed by atoms with Crippen LogP contribution in [0.1, 0.15) is 16.8 Å². The Bertz CT molecular complexity index is 911. The normalized spacial score (nSPS) is 10.2. The SMILES string of the molecule is N#CCCn1cc(C(=O)Nc2ccc(I)cc2)c(-c2ccccc2)n1. The number of hydrogen-bond donors (Lipinski definition) is 1. The number of nitrogens with zero attached hydrogens (tertiary/aromatic N) is 3. The summed E-state index contributed by atoms with van der Waals surface area (Å²) >= 11 is 2.22. The molecule has 0 spiro atoms. The molecule has 0 aliphatic rings. The van der Waals surface area contributed by atoms with E-state index in [1.165, 1.54) is 0 Å². The maximum atomic E-state index is 12.7. The van der Waals surface area contributed by atoms with E-state index in [1.54, 1.807) is 10.9 Å². The summed E-state index contributed by atoms with van der Waals surface area (Å²) in [6.07, 6.45) is 2.04. The van der Waals surface area contributed by atoms with Crippen LogP contribution < -0.4 is 5.32 Å². The Labute approximate surface area is 159 Å². The van der Waals surface area contributed by atoms with Crippen molar-refractivity contribution in [1.29, 1.82) is 5.26 Å². The van der Waals surface area contributed by atoms with E-state index in [1.807, 2.05) is 54.6 Å². The summed E-state index contributed by atoms with van der Waals surface area (Å²) in [6.45, 7) is 0.452. The lowest BCUT2D eigenvalue weighted by atomic mass is 10.1. The molecule has 0 aliphatic carbocycles. The number of aryl methyl sites for hydroxylation is 1. The second kappa shape index (κ2) is 7.94. The topological polar surface area (TPSA) is 70.7 Å². The Morgan fingerprint density at radius 2 is 1.88 bits per heavy atom. The van der Waals surface area contributed by atoms with Crippen molar-refractivity contribution in [2.24, 2.45) is 0 Å². The molecule has 1 N–H and O–H groups in total. The molecule has 1 amide bonds. The maximum absolute atomic E-state index is 12.7. The highest BCUT2D eigenvalue weighted by molar-refractivity contribution is 14.1. The van der Waals surface area contributed by atoms with E-state index in [9.17, 15) is 4.79 Å². The third-order valence-corrected chi connectivity index (χ3v) is 4.33. The number of carbonyl (C=O) groups is 1. The monoisotopic (exact) mass is 442 g/mol. The van der Waals surface area contributed by atoms with Gasteiger partial charge in [0.15, 0.2) is 0 Å². The molecule has 6 heteroatoms. The third kappa shape index (κ3) is 4.25. The van der Waals surface area contributed by atoms with Crippen LogP contribution in [0.4, 0.5) is 5.69 Å². The van der Waals surface area contributed by atoms with Crippen molar-refractivity contribution in [2.45, 2.75) is 13.0 Å². The van der Waals surface area contributed by atoms with Crippen LogP contribution in [0.25, 0.3) is 11.3 Å². The van der Waals surface area contributed by atoms with Gasteiger partial charge in [0, 0.05) is 21.0 Å². The standard InChI is InChI=1S/C19H15IN4O/c20-15-7-9-16(10-8-15)22-19(25)17-13-24(12-4-11-21)23-18(17)14-5-2-1-3-6-14/h1-3,5-10,13H,4,12H2,(H,22,25). The number of anilines is 1. The molecule has 0 saturated heterocycles. The van der Waals surface area contributed by atoms with Gasteiger partial charge >= 0.3 is 0 Å². The first-order chi connectivity index (χ1) is 12.2. The molecule has 0 bridgehead atoms. The highest BCUT2D eigenvalue weighted by atomic mass is 127. The number of carbonyl (C=O) groups excluding carboxylic acids is 1. The predicted molar refractivity (Wildman–Crippen MR) is 105 cm³/mol. The Morgan fingerprint density at radius 3 is 2.56 bits per heavy atom. The van der Waals surface area contributed by atoms with Gasteiger partial charge in [0.05, 0.1) is 24.6 Å². The fourth-order valence-corrected chi connectivity index (χ4v) is 2.77. The average molecular weight is 442 g/mol. The third-order valence-electron chi connectivity index (χ3n) is 3.61. The molecular formula is C19H15IN4O. The van der Waals surface area contributed by atoms with Crippen molar-refractivity contribution in [3.05, 3.63) is 69.9 Å². The van der Waals surface area contributed by atoms with Crippen molar-refractivity contribution < 1.29 is 4.79 Å². The molecule has 3 rings (SSSR count). The lowest BCUT2D eigenvalue weighted by Crippen LogP contribution is -2.12. The van der Waals surface area contributed by atoms with E-state index < -0.39 is 0 Å². The minimum Gasteiger partial charge on any atom is -0.322 e. The molecule has 2 aromatic carbocycles. The van der Waals surface area contributed by atoms with Crippen LogP contribution in [0.5, 0.6) is 0 Å². The van der Waals surface area contributed by atoms with Crippen LogP contribution >= 0.6 is 22.6 Å². The minimum atomic E-state index is -0.219. The van der Waals surface area contributed by atoms with E-state index in [0.29, 0.717) is 24.2 Å². The van der Waals surface area contributed by atoms with E-state index in [4.69, 9.17) is 5.26 Å². The first kappa shape index (κ1) is 17.2. The molecule has 124 valence electrons. The molecular weight excluding hydrogens is 427 g/mol. The van der Waals surface area contributed by atoms with Gasteiger partial charge < -0.3 is 5.32 Å². The van der Waals surface area contributed by atoms with E-state index >= 15 is 0 Å². The summed E-state index contributed by atoms with van der Waals surface area (Å²) in [5.74, 6) is -0.219. The highest BCUT2D eigenvalue weighted by Crippen LogP contribution is 2.23. The number of nitrogens with one attached hydrogen (secondary N) is 1. The lowest BCUT2D eigenvalue weighted by Gasteiger charge is -2.05. The van der Waals surface area contributed by atoms with Crippen LogP contribution in [0.2, 0.25) is 0 Å². The van der Waals surface area contributed by atoms with Crippen LogP contribution in [-0.2, 0) is 6.54 Å². The quantitative estimate of drug-likeness (QED) is 0.599. The number of halogens is 1. The van der Waals surface area contributed by atoms with E-state index in [2.05, 4.69) is 39.1 Å². The zero-order valence-corrected chi connectivity index (χ0v) is 15.5. The molecule has 1 heterocycles. The zero-order valence-electron chi connectivity index (χ0n) is 13.3. The molecule has 0 saturated carbocycles. The van der Waals surface area contributed by atoms with Gasteiger partial charge in [0.1, 0.15) is 5.69 Å². The molecule has 0 radical (unpaired) electrons. The van der Waals surface area contributed by atoms with E-state index in [-0.39, 0.29) is 5.91 Å². The fraction of sp³-hybridized carbons (Fsp3) is 0.105. The number of amides is 1. The van der Waals surface area contributed by atoms with Gasteiger partial charge in [0.2, 0.25) is 0 Å². The number of aromatic nitrogens is 2.